The Morgan fingerprint density at radius 2 is 1.96 bits per heavy atom. The molecule has 7 nitrogen and oxygen atoms in total. The minimum atomic E-state index is -4.66. The highest BCUT2D eigenvalue weighted by Crippen LogP contribution is 2.35. The molecule has 0 amide bonds. The molecule has 0 spiro atoms. The third-order valence-electron chi connectivity index (χ3n) is 3.23. The van der Waals surface area contributed by atoms with Gasteiger partial charge in [0.05, 0.1) is 37.9 Å². The van der Waals surface area contributed by atoms with Crippen LogP contribution in [0.5, 0.6) is 0 Å². The zero-order valence-electron chi connectivity index (χ0n) is 13.7. The first-order chi connectivity index (χ1) is 12.3. The largest absolute Gasteiger partial charge is 0.466 e. The molecular weight excluding hydrogens is 355 g/mol. The fourth-order valence-electron chi connectivity index (χ4n) is 2.06. The van der Waals surface area contributed by atoms with Gasteiger partial charge in [0.2, 0.25) is 0 Å². The number of ether oxygens (including phenoxy) is 2. The Bertz CT molecular complexity index is 830. The summed E-state index contributed by atoms with van der Waals surface area (Å²) in [6.07, 6.45) is 0.0713. The molecule has 0 fully saturated rings. The van der Waals surface area contributed by atoms with Crippen LogP contribution in [0.3, 0.4) is 0 Å². The van der Waals surface area contributed by atoms with Crippen LogP contribution in [0.1, 0.15) is 5.56 Å². The van der Waals surface area contributed by atoms with Gasteiger partial charge in [-0.3, -0.25) is 0 Å². The van der Waals surface area contributed by atoms with Crippen molar-refractivity contribution in [3.63, 3.8) is 0 Å². The van der Waals surface area contributed by atoms with E-state index in [4.69, 9.17) is 0 Å². The molecule has 0 saturated carbocycles. The molecule has 2 aromatic rings. The lowest BCUT2D eigenvalue weighted by molar-refractivity contribution is -0.138. The van der Waals surface area contributed by atoms with E-state index in [1.807, 2.05) is 0 Å². The number of imidazole rings is 1. The maximum atomic E-state index is 13.4. The number of alkyl halides is 3. The highest BCUT2D eigenvalue weighted by molar-refractivity contribution is 5.98. The summed E-state index contributed by atoms with van der Waals surface area (Å²) in [7, 11) is 2.16. The number of benzene rings is 1. The Hall–Kier alpha value is -3.30. The van der Waals surface area contributed by atoms with Crippen LogP contribution in [0.15, 0.2) is 48.7 Å². The Morgan fingerprint density at radius 3 is 2.50 bits per heavy atom. The molecule has 1 heterocycles. The van der Waals surface area contributed by atoms with Crippen molar-refractivity contribution in [1.82, 2.24) is 9.55 Å². The maximum absolute atomic E-state index is 13.4. The van der Waals surface area contributed by atoms with E-state index in [1.54, 1.807) is 0 Å². The zero-order valence-corrected chi connectivity index (χ0v) is 13.7. The lowest BCUT2D eigenvalue weighted by Gasteiger charge is -2.16. The van der Waals surface area contributed by atoms with Gasteiger partial charge in [-0.25, -0.2) is 14.6 Å². The summed E-state index contributed by atoms with van der Waals surface area (Å²) in [6.45, 7) is 0. The summed E-state index contributed by atoms with van der Waals surface area (Å²) in [5.41, 5.74) is -1.54. The molecule has 0 aliphatic rings. The van der Waals surface area contributed by atoms with Crippen LogP contribution in [0.25, 0.3) is 5.69 Å². The fourth-order valence-corrected chi connectivity index (χ4v) is 2.06. The Labute approximate surface area is 146 Å². The summed E-state index contributed by atoms with van der Waals surface area (Å²) in [5, 5.41) is 2.44. The Kier molecular flexibility index (Phi) is 5.65. The summed E-state index contributed by atoms with van der Waals surface area (Å²) < 4.78 is 50.3. The van der Waals surface area contributed by atoms with Gasteiger partial charge in [0.15, 0.2) is 0 Å². The number of hydrogen-bond donors (Lipinski definition) is 1. The SMILES string of the molecule is COC(=O)/C=C(/Nc1ccc(-n2ccnc2)c(C(F)(F)F)c1)C(=O)OC. The number of rotatable bonds is 5. The van der Waals surface area contributed by atoms with Crippen LogP contribution >= 0.6 is 0 Å². The molecule has 2 rings (SSSR count). The van der Waals surface area contributed by atoms with Crippen molar-refractivity contribution in [2.45, 2.75) is 6.18 Å². The van der Waals surface area contributed by atoms with Crippen molar-refractivity contribution < 1.29 is 32.2 Å². The summed E-state index contributed by atoms with van der Waals surface area (Å²) in [6, 6.07) is 3.34. The molecule has 0 saturated heterocycles. The number of halogens is 3. The zero-order chi connectivity index (χ0) is 19.3. The van der Waals surface area contributed by atoms with Crippen molar-refractivity contribution in [3.8, 4) is 5.69 Å². The number of nitrogens with one attached hydrogen (secondary N) is 1. The summed E-state index contributed by atoms with van der Waals surface area (Å²) in [4.78, 5) is 26.8. The first kappa shape index (κ1) is 19.0. The molecule has 0 aliphatic carbocycles. The Morgan fingerprint density at radius 1 is 1.23 bits per heavy atom. The molecule has 1 N–H and O–H groups in total. The molecule has 1 aromatic carbocycles. The summed E-state index contributed by atoms with van der Waals surface area (Å²) in [5.74, 6) is -1.81. The third kappa shape index (κ3) is 4.41. The van der Waals surface area contributed by atoms with Crippen molar-refractivity contribution in [1.29, 1.82) is 0 Å². The van der Waals surface area contributed by atoms with Gasteiger partial charge in [-0.2, -0.15) is 13.2 Å². The number of carbonyl (C=O) groups excluding carboxylic acids is 2. The van der Waals surface area contributed by atoms with Crippen LogP contribution in [0, 0.1) is 0 Å². The normalized spacial score (nSPS) is 11.8. The van der Waals surface area contributed by atoms with Gasteiger partial charge in [0, 0.05) is 18.1 Å². The second-order valence-corrected chi connectivity index (χ2v) is 4.90. The predicted octanol–water partition coefficient (Wildman–Crippen LogP) is 2.53. The molecule has 0 atom stereocenters. The molecule has 0 unspecified atom stereocenters. The second kappa shape index (κ2) is 7.72. The average Bonchev–Trinajstić information content (AvgIpc) is 3.14. The van der Waals surface area contributed by atoms with E-state index in [0.717, 1.165) is 26.4 Å². The standard InChI is InChI=1S/C16H14F3N3O4/c1-25-14(23)8-12(15(24)26-2)21-10-3-4-13(22-6-5-20-9-22)11(7-10)16(17,18)19/h3-9,21H,1-2H3/b12-8+. The van der Waals surface area contributed by atoms with E-state index >= 15 is 0 Å². The van der Waals surface area contributed by atoms with Crippen molar-refractivity contribution in [2.75, 3.05) is 19.5 Å². The van der Waals surface area contributed by atoms with Gasteiger partial charge in [0.25, 0.3) is 0 Å². The van der Waals surface area contributed by atoms with Crippen LogP contribution in [-0.2, 0) is 25.2 Å². The van der Waals surface area contributed by atoms with E-state index in [0.29, 0.717) is 0 Å². The molecule has 26 heavy (non-hydrogen) atoms. The molecular formula is C16H14F3N3O4. The van der Waals surface area contributed by atoms with Gasteiger partial charge in [-0.05, 0) is 18.2 Å². The van der Waals surface area contributed by atoms with Gasteiger partial charge in [-0.15, -0.1) is 0 Å². The number of anilines is 1. The summed E-state index contributed by atoms with van der Waals surface area (Å²) >= 11 is 0. The van der Waals surface area contributed by atoms with Gasteiger partial charge >= 0.3 is 18.1 Å². The highest BCUT2D eigenvalue weighted by Gasteiger charge is 2.34. The van der Waals surface area contributed by atoms with E-state index in [1.165, 1.54) is 35.4 Å². The van der Waals surface area contributed by atoms with Crippen LogP contribution in [0.4, 0.5) is 18.9 Å². The minimum absolute atomic E-state index is 0.0678. The fraction of sp³-hybridized carbons (Fsp3) is 0.188. The molecule has 138 valence electrons. The van der Waals surface area contributed by atoms with Crippen molar-refractivity contribution in [2.24, 2.45) is 0 Å². The molecule has 0 radical (unpaired) electrons. The van der Waals surface area contributed by atoms with Crippen LogP contribution < -0.4 is 5.32 Å². The second-order valence-electron chi connectivity index (χ2n) is 4.90. The van der Waals surface area contributed by atoms with Crippen LogP contribution in [0.2, 0.25) is 0 Å². The first-order valence-electron chi connectivity index (χ1n) is 7.11. The Balaban J connectivity index is 2.45. The average molecular weight is 369 g/mol. The smallest absolute Gasteiger partial charge is 0.418 e. The van der Waals surface area contributed by atoms with Gasteiger partial charge in [-0.1, -0.05) is 0 Å². The van der Waals surface area contributed by atoms with E-state index in [-0.39, 0.29) is 17.1 Å². The monoisotopic (exact) mass is 369 g/mol. The van der Waals surface area contributed by atoms with Crippen molar-refractivity contribution >= 4 is 17.6 Å². The number of aromatic nitrogens is 2. The quantitative estimate of drug-likeness (QED) is 0.644. The minimum Gasteiger partial charge on any atom is -0.466 e. The number of nitrogens with zero attached hydrogens (tertiary/aromatic N) is 2. The third-order valence-corrected chi connectivity index (χ3v) is 3.23. The van der Waals surface area contributed by atoms with E-state index in [9.17, 15) is 22.8 Å². The highest BCUT2D eigenvalue weighted by atomic mass is 19.4. The van der Waals surface area contributed by atoms with Crippen molar-refractivity contribution in [3.05, 3.63) is 54.3 Å². The lowest BCUT2D eigenvalue weighted by Crippen LogP contribution is -2.16. The molecule has 0 aliphatic heterocycles. The number of methoxy groups -OCH3 is 2. The molecule has 1 aromatic heterocycles. The molecule has 10 heteroatoms. The number of carbonyl (C=O) groups is 2. The maximum Gasteiger partial charge on any atom is 0.418 e. The van der Waals surface area contributed by atoms with E-state index in [2.05, 4.69) is 19.8 Å². The van der Waals surface area contributed by atoms with Crippen LogP contribution in [-0.4, -0.2) is 35.7 Å². The molecule has 0 bridgehead atoms. The van der Waals surface area contributed by atoms with E-state index < -0.39 is 23.7 Å². The lowest BCUT2D eigenvalue weighted by atomic mass is 10.1. The number of hydrogen-bond acceptors (Lipinski definition) is 6. The van der Waals surface area contributed by atoms with Gasteiger partial charge in [0.1, 0.15) is 5.70 Å². The predicted molar refractivity (Wildman–Crippen MR) is 84.3 cm³/mol. The first-order valence-corrected chi connectivity index (χ1v) is 7.11. The van der Waals surface area contributed by atoms with Gasteiger partial charge < -0.3 is 19.4 Å². The topological polar surface area (TPSA) is 82.5 Å². The number of esters is 2.